The molecule has 1 aromatic heterocycles. The van der Waals surface area contributed by atoms with Crippen LogP contribution in [0.5, 0.6) is 0 Å². The summed E-state index contributed by atoms with van der Waals surface area (Å²) in [6.45, 7) is 8.85. The Morgan fingerprint density at radius 1 is 1.39 bits per heavy atom. The summed E-state index contributed by atoms with van der Waals surface area (Å²) in [4.78, 5) is 0. The highest BCUT2D eigenvalue weighted by atomic mass is 35.5. The molecule has 0 aliphatic carbocycles. The molecule has 1 rings (SSSR count). The van der Waals surface area contributed by atoms with Gasteiger partial charge in [0.05, 0.1) is 5.69 Å². The molecule has 0 radical (unpaired) electrons. The number of rotatable bonds is 5. The van der Waals surface area contributed by atoms with Crippen molar-refractivity contribution in [2.75, 3.05) is 7.05 Å². The normalized spacial score (nSPS) is 13.9. The van der Waals surface area contributed by atoms with Gasteiger partial charge in [-0.1, -0.05) is 32.4 Å². The van der Waals surface area contributed by atoms with Crippen LogP contribution in [0.1, 0.15) is 44.9 Å². The average Bonchev–Trinajstić information content (AvgIpc) is 2.48. The van der Waals surface area contributed by atoms with E-state index in [1.165, 1.54) is 5.56 Å². The standard InChI is InChI=1S/C14H26ClN3/c1-10-11(13(15)18(6)17-10)8-7-9-12(16-5)14(2,3)4/h12,16H,7-9H2,1-6H3. The predicted molar refractivity (Wildman–Crippen MR) is 78.2 cm³/mol. The van der Waals surface area contributed by atoms with Gasteiger partial charge in [-0.15, -0.1) is 0 Å². The second kappa shape index (κ2) is 6.07. The van der Waals surface area contributed by atoms with Crippen molar-refractivity contribution >= 4 is 11.6 Å². The number of aromatic nitrogens is 2. The smallest absolute Gasteiger partial charge is 0.130 e. The molecular weight excluding hydrogens is 246 g/mol. The summed E-state index contributed by atoms with van der Waals surface area (Å²) >= 11 is 6.24. The van der Waals surface area contributed by atoms with E-state index in [0.29, 0.717) is 11.5 Å². The number of hydrogen-bond acceptors (Lipinski definition) is 2. The van der Waals surface area contributed by atoms with Gasteiger partial charge in [-0.25, -0.2) is 0 Å². The number of nitrogens with one attached hydrogen (secondary N) is 1. The first-order valence-corrected chi connectivity index (χ1v) is 7.00. The Bertz CT molecular complexity index is 390. The second-order valence-electron chi connectivity index (χ2n) is 6.08. The van der Waals surface area contributed by atoms with E-state index in [-0.39, 0.29) is 0 Å². The average molecular weight is 272 g/mol. The van der Waals surface area contributed by atoms with Crippen LogP contribution in [0.25, 0.3) is 0 Å². The van der Waals surface area contributed by atoms with Crippen LogP contribution < -0.4 is 5.32 Å². The Morgan fingerprint density at radius 3 is 2.39 bits per heavy atom. The van der Waals surface area contributed by atoms with E-state index in [9.17, 15) is 0 Å². The SMILES string of the molecule is CNC(CCCc1c(C)nn(C)c1Cl)C(C)(C)C. The van der Waals surface area contributed by atoms with Crippen molar-refractivity contribution in [3.8, 4) is 0 Å². The van der Waals surface area contributed by atoms with Gasteiger partial charge in [0.15, 0.2) is 0 Å². The van der Waals surface area contributed by atoms with Crippen molar-refractivity contribution in [1.82, 2.24) is 15.1 Å². The van der Waals surface area contributed by atoms with Gasteiger partial charge in [0.25, 0.3) is 0 Å². The molecule has 18 heavy (non-hydrogen) atoms. The number of halogens is 1. The minimum absolute atomic E-state index is 0.294. The van der Waals surface area contributed by atoms with E-state index in [0.717, 1.165) is 30.1 Å². The molecule has 1 aromatic rings. The molecule has 0 spiro atoms. The van der Waals surface area contributed by atoms with Gasteiger partial charge < -0.3 is 5.32 Å². The van der Waals surface area contributed by atoms with E-state index in [1.807, 2.05) is 21.0 Å². The molecular formula is C14H26ClN3. The fourth-order valence-corrected chi connectivity index (χ4v) is 2.72. The van der Waals surface area contributed by atoms with Crippen molar-refractivity contribution in [2.24, 2.45) is 12.5 Å². The zero-order chi connectivity index (χ0) is 13.9. The van der Waals surface area contributed by atoms with Gasteiger partial charge in [0, 0.05) is 18.7 Å². The van der Waals surface area contributed by atoms with Crippen LogP contribution in [-0.4, -0.2) is 22.9 Å². The molecule has 3 nitrogen and oxygen atoms in total. The maximum Gasteiger partial charge on any atom is 0.130 e. The molecule has 4 heteroatoms. The van der Waals surface area contributed by atoms with Crippen LogP contribution in [0, 0.1) is 12.3 Å². The lowest BCUT2D eigenvalue weighted by atomic mass is 9.83. The predicted octanol–water partition coefficient (Wildman–Crippen LogP) is 3.34. The highest BCUT2D eigenvalue weighted by Crippen LogP contribution is 2.25. The van der Waals surface area contributed by atoms with Crippen LogP contribution in [0.4, 0.5) is 0 Å². The van der Waals surface area contributed by atoms with Crippen molar-refractivity contribution in [1.29, 1.82) is 0 Å². The van der Waals surface area contributed by atoms with Crippen LogP contribution in [0.3, 0.4) is 0 Å². The first-order chi connectivity index (χ1) is 8.27. The molecule has 0 bridgehead atoms. The topological polar surface area (TPSA) is 29.9 Å². The molecule has 0 saturated heterocycles. The Kier molecular flexibility index (Phi) is 5.23. The zero-order valence-electron chi connectivity index (χ0n) is 12.5. The van der Waals surface area contributed by atoms with Crippen molar-refractivity contribution in [3.05, 3.63) is 16.4 Å². The first kappa shape index (κ1) is 15.5. The van der Waals surface area contributed by atoms with E-state index in [4.69, 9.17) is 11.6 Å². The summed E-state index contributed by atoms with van der Waals surface area (Å²) in [5.74, 6) is 0. The fourth-order valence-electron chi connectivity index (χ4n) is 2.45. The highest BCUT2D eigenvalue weighted by molar-refractivity contribution is 6.30. The van der Waals surface area contributed by atoms with E-state index in [2.05, 4.69) is 31.2 Å². The molecule has 0 aromatic carbocycles. The third-order valence-electron chi connectivity index (χ3n) is 3.58. The molecule has 1 heterocycles. The molecule has 0 amide bonds. The lowest BCUT2D eigenvalue weighted by Crippen LogP contribution is -2.37. The first-order valence-electron chi connectivity index (χ1n) is 6.62. The van der Waals surface area contributed by atoms with Crippen LogP contribution in [0.15, 0.2) is 0 Å². The molecule has 1 N–H and O–H groups in total. The Labute approximate surface area is 116 Å². The molecule has 0 fully saturated rings. The monoisotopic (exact) mass is 271 g/mol. The zero-order valence-corrected chi connectivity index (χ0v) is 13.2. The van der Waals surface area contributed by atoms with Gasteiger partial charge in [-0.2, -0.15) is 5.10 Å². The summed E-state index contributed by atoms with van der Waals surface area (Å²) in [5, 5.41) is 8.54. The van der Waals surface area contributed by atoms with Gasteiger partial charge in [-0.05, 0) is 38.6 Å². The number of aryl methyl sites for hydroxylation is 2. The third-order valence-corrected chi connectivity index (χ3v) is 4.06. The van der Waals surface area contributed by atoms with Crippen LogP contribution in [0.2, 0.25) is 5.15 Å². The minimum Gasteiger partial charge on any atom is -0.316 e. The van der Waals surface area contributed by atoms with Crippen molar-refractivity contribution in [2.45, 2.75) is 53.0 Å². The van der Waals surface area contributed by atoms with Crippen molar-refractivity contribution in [3.63, 3.8) is 0 Å². The van der Waals surface area contributed by atoms with E-state index < -0.39 is 0 Å². The molecule has 1 unspecified atom stereocenters. The molecule has 0 aliphatic rings. The van der Waals surface area contributed by atoms with Crippen LogP contribution >= 0.6 is 11.6 Å². The van der Waals surface area contributed by atoms with Crippen LogP contribution in [-0.2, 0) is 13.5 Å². The fraction of sp³-hybridized carbons (Fsp3) is 0.786. The van der Waals surface area contributed by atoms with E-state index in [1.54, 1.807) is 4.68 Å². The summed E-state index contributed by atoms with van der Waals surface area (Å²) in [6.07, 6.45) is 3.30. The minimum atomic E-state index is 0.294. The Balaban J connectivity index is 2.56. The molecule has 1 atom stereocenters. The Morgan fingerprint density at radius 2 is 2.00 bits per heavy atom. The molecule has 0 aliphatic heterocycles. The molecule has 0 saturated carbocycles. The Hall–Kier alpha value is -0.540. The van der Waals surface area contributed by atoms with Gasteiger partial charge >= 0.3 is 0 Å². The third kappa shape index (κ3) is 3.72. The van der Waals surface area contributed by atoms with Crippen molar-refractivity contribution < 1.29 is 0 Å². The van der Waals surface area contributed by atoms with Gasteiger partial charge in [0.1, 0.15) is 5.15 Å². The quantitative estimate of drug-likeness (QED) is 0.890. The molecule has 104 valence electrons. The summed E-state index contributed by atoms with van der Waals surface area (Å²) in [7, 11) is 3.93. The summed E-state index contributed by atoms with van der Waals surface area (Å²) in [6, 6.07) is 0.535. The number of hydrogen-bond donors (Lipinski definition) is 1. The number of nitrogens with zero attached hydrogens (tertiary/aromatic N) is 2. The largest absolute Gasteiger partial charge is 0.316 e. The van der Waals surface area contributed by atoms with Gasteiger partial charge in [-0.3, -0.25) is 4.68 Å². The van der Waals surface area contributed by atoms with Gasteiger partial charge in [0.2, 0.25) is 0 Å². The highest BCUT2D eigenvalue weighted by Gasteiger charge is 2.22. The second-order valence-corrected chi connectivity index (χ2v) is 6.44. The summed E-state index contributed by atoms with van der Waals surface area (Å²) in [5.41, 5.74) is 2.55. The lowest BCUT2D eigenvalue weighted by molar-refractivity contribution is 0.263. The maximum absolute atomic E-state index is 6.24. The lowest BCUT2D eigenvalue weighted by Gasteiger charge is -2.30. The van der Waals surface area contributed by atoms with E-state index >= 15 is 0 Å². The summed E-state index contributed by atoms with van der Waals surface area (Å²) < 4.78 is 1.76. The maximum atomic E-state index is 6.24.